The number of nitrogens with one attached hydrogen (secondary N) is 1. The number of rotatable bonds is 8. The van der Waals surface area contributed by atoms with Crippen LogP contribution in [0.25, 0.3) is 0 Å². The lowest BCUT2D eigenvalue weighted by molar-refractivity contribution is 0.189. The fourth-order valence-electron chi connectivity index (χ4n) is 2.13. The van der Waals surface area contributed by atoms with E-state index >= 15 is 0 Å². The summed E-state index contributed by atoms with van der Waals surface area (Å²) in [6, 6.07) is 4.03. The van der Waals surface area contributed by atoms with Crippen molar-refractivity contribution in [1.82, 2.24) is 9.88 Å². The van der Waals surface area contributed by atoms with Crippen LogP contribution in [0, 0.1) is 0 Å². The summed E-state index contributed by atoms with van der Waals surface area (Å²) in [6.45, 7) is 9.19. The van der Waals surface area contributed by atoms with Gasteiger partial charge < -0.3 is 14.6 Å². The Balaban J connectivity index is 3.01. The van der Waals surface area contributed by atoms with Gasteiger partial charge in [0.25, 0.3) is 5.56 Å². The molecule has 0 amide bonds. The van der Waals surface area contributed by atoms with Crippen molar-refractivity contribution in [3.63, 3.8) is 0 Å². The van der Waals surface area contributed by atoms with Crippen molar-refractivity contribution >= 4 is 0 Å². The van der Waals surface area contributed by atoms with Gasteiger partial charge in [0, 0.05) is 38.1 Å². The minimum atomic E-state index is 0.128. The molecule has 0 unspecified atom stereocenters. The molecule has 1 rings (SSSR count). The third kappa shape index (κ3) is 4.48. The normalized spacial score (nSPS) is 11.2. The summed E-state index contributed by atoms with van der Waals surface area (Å²) in [5, 5.41) is 3.21. The molecule has 0 aliphatic carbocycles. The van der Waals surface area contributed by atoms with Crippen molar-refractivity contribution in [1.29, 1.82) is 0 Å². The van der Waals surface area contributed by atoms with E-state index in [0.29, 0.717) is 19.1 Å². The number of nitrogens with zero attached hydrogens (tertiary/aromatic N) is 1. The molecule has 0 atom stereocenters. The van der Waals surface area contributed by atoms with Crippen molar-refractivity contribution in [3.05, 3.63) is 33.7 Å². The average molecular weight is 266 g/mol. The van der Waals surface area contributed by atoms with Crippen molar-refractivity contribution in [3.8, 4) is 0 Å². The Hall–Kier alpha value is -1.13. The first-order valence-corrected chi connectivity index (χ1v) is 7.04. The molecule has 0 bridgehead atoms. The van der Waals surface area contributed by atoms with E-state index < -0.39 is 0 Å². The van der Waals surface area contributed by atoms with Gasteiger partial charge in [-0.3, -0.25) is 4.79 Å². The van der Waals surface area contributed by atoms with Gasteiger partial charge in [0.05, 0.1) is 0 Å². The monoisotopic (exact) mass is 266 g/mol. The zero-order valence-corrected chi connectivity index (χ0v) is 12.5. The number of hydrogen-bond acceptors (Lipinski definition) is 3. The highest BCUT2D eigenvalue weighted by atomic mass is 16.5. The molecule has 1 N–H and O–H groups in total. The van der Waals surface area contributed by atoms with E-state index in [1.165, 1.54) is 0 Å². The van der Waals surface area contributed by atoms with E-state index in [1.54, 1.807) is 7.11 Å². The van der Waals surface area contributed by atoms with Crippen LogP contribution in [0.4, 0.5) is 0 Å². The van der Waals surface area contributed by atoms with E-state index in [2.05, 4.69) is 25.2 Å². The highest BCUT2D eigenvalue weighted by Crippen LogP contribution is 2.13. The van der Waals surface area contributed by atoms with Gasteiger partial charge in [-0.2, -0.15) is 0 Å². The van der Waals surface area contributed by atoms with Crippen molar-refractivity contribution in [2.45, 2.75) is 46.2 Å². The fraction of sp³-hybridized carbons (Fsp3) is 0.667. The van der Waals surface area contributed by atoms with Gasteiger partial charge >= 0.3 is 0 Å². The molecular formula is C15H26N2O2. The minimum absolute atomic E-state index is 0.128. The Labute approximate surface area is 115 Å². The number of hydrogen-bond donors (Lipinski definition) is 1. The van der Waals surface area contributed by atoms with Crippen molar-refractivity contribution in [2.24, 2.45) is 0 Å². The lowest BCUT2D eigenvalue weighted by Gasteiger charge is -2.17. The van der Waals surface area contributed by atoms with Crippen LogP contribution < -0.4 is 10.9 Å². The van der Waals surface area contributed by atoms with Gasteiger partial charge in [-0.25, -0.2) is 0 Å². The maximum absolute atomic E-state index is 12.5. The maximum Gasteiger partial charge on any atom is 0.255 e. The topological polar surface area (TPSA) is 43.3 Å². The van der Waals surface area contributed by atoms with E-state index in [4.69, 9.17) is 4.74 Å². The molecular weight excluding hydrogens is 240 g/mol. The predicted molar refractivity (Wildman–Crippen MR) is 78.7 cm³/mol. The van der Waals surface area contributed by atoms with Crippen LogP contribution in [-0.2, 0) is 17.8 Å². The molecule has 108 valence electrons. The highest BCUT2D eigenvalue weighted by molar-refractivity contribution is 5.18. The summed E-state index contributed by atoms with van der Waals surface area (Å²) in [4.78, 5) is 12.5. The second-order valence-corrected chi connectivity index (χ2v) is 5.02. The number of aromatic nitrogens is 1. The number of ether oxygens (including phenoxy) is 1. The Morgan fingerprint density at radius 1 is 1.37 bits per heavy atom. The van der Waals surface area contributed by atoms with Crippen LogP contribution in [-0.4, -0.2) is 24.8 Å². The predicted octanol–water partition coefficient (Wildman–Crippen LogP) is 2.12. The molecule has 0 saturated heterocycles. The van der Waals surface area contributed by atoms with Crippen LogP contribution in [0.2, 0.25) is 0 Å². The zero-order valence-electron chi connectivity index (χ0n) is 12.5. The summed E-state index contributed by atoms with van der Waals surface area (Å²) in [5.41, 5.74) is 2.06. The van der Waals surface area contributed by atoms with E-state index in [1.807, 2.05) is 17.6 Å². The first-order valence-electron chi connectivity index (χ1n) is 7.04. The summed E-state index contributed by atoms with van der Waals surface area (Å²) in [6.07, 6.45) is 0.862. The smallest absolute Gasteiger partial charge is 0.255 e. The van der Waals surface area contributed by atoms with Crippen LogP contribution in [0.5, 0.6) is 0 Å². The molecule has 1 aromatic rings. The van der Waals surface area contributed by atoms with Crippen molar-refractivity contribution < 1.29 is 4.74 Å². The quantitative estimate of drug-likeness (QED) is 0.733. The molecule has 19 heavy (non-hydrogen) atoms. The average Bonchev–Trinajstić information content (AvgIpc) is 2.39. The molecule has 0 aromatic carbocycles. The van der Waals surface area contributed by atoms with Crippen LogP contribution >= 0.6 is 0 Å². The second-order valence-electron chi connectivity index (χ2n) is 5.02. The molecule has 0 aliphatic rings. The summed E-state index contributed by atoms with van der Waals surface area (Å²) in [5.74, 6) is 0.350. The SMILES string of the molecule is CCNCc1ccc(C(C)C)n(CCCOC)c1=O. The third-order valence-electron chi connectivity index (χ3n) is 3.17. The molecule has 4 heteroatoms. The van der Waals surface area contributed by atoms with E-state index in [-0.39, 0.29) is 5.56 Å². The largest absolute Gasteiger partial charge is 0.385 e. The van der Waals surface area contributed by atoms with Crippen molar-refractivity contribution in [2.75, 3.05) is 20.3 Å². The van der Waals surface area contributed by atoms with Gasteiger partial charge in [-0.15, -0.1) is 0 Å². The van der Waals surface area contributed by atoms with E-state index in [9.17, 15) is 4.79 Å². The van der Waals surface area contributed by atoms with Gasteiger partial charge in [0.1, 0.15) is 0 Å². The first kappa shape index (κ1) is 15.9. The maximum atomic E-state index is 12.5. The Morgan fingerprint density at radius 2 is 2.11 bits per heavy atom. The van der Waals surface area contributed by atoms with Gasteiger partial charge in [-0.1, -0.05) is 26.8 Å². The van der Waals surface area contributed by atoms with E-state index in [0.717, 1.165) is 30.8 Å². The second kappa shape index (κ2) is 8.12. The summed E-state index contributed by atoms with van der Waals surface area (Å²) >= 11 is 0. The molecule has 0 radical (unpaired) electrons. The molecule has 1 aromatic heterocycles. The minimum Gasteiger partial charge on any atom is -0.385 e. The molecule has 0 saturated carbocycles. The third-order valence-corrected chi connectivity index (χ3v) is 3.17. The molecule has 1 heterocycles. The Morgan fingerprint density at radius 3 is 2.68 bits per heavy atom. The van der Waals surface area contributed by atoms with Gasteiger partial charge in [0.15, 0.2) is 0 Å². The lowest BCUT2D eigenvalue weighted by Crippen LogP contribution is -2.30. The molecule has 0 aliphatic heterocycles. The molecule has 0 spiro atoms. The number of pyridine rings is 1. The standard InChI is InChI=1S/C15H26N2O2/c1-5-16-11-13-7-8-14(12(2)3)17(15(13)18)9-6-10-19-4/h7-8,12,16H,5-6,9-11H2,1-4H3. The van der Waals surface area contributed by atoms with Crippen LogP contribution in [0.3, 0.4) is 0 Å². The number of methoxy groups -OCH3 is 1. The van der Waals surface area contributed by atoms with Gasteiger partial charge in [0.2, 0.25) is 0 Å². The summed E-state index contributed by atoms with van der Waals surface area (Å²) < 4.78 is 6.97. The lowest BCUT2D eigenvalue weighted by atomic mass is 10.1. The molecule has 0 fully saturated rings. The Kier molecular flexibility index (Phi) is 6.81. The van der Waals surface area contributed by atoms with Crippen LogP contribution in [0.1, 0.15) is 44.4 Å². The highest BCUT2D eigenvalue weighted by Gasteiger charge is 2.10. The van der Waals surface area contributed by atoms with Crippen LogP contribution in [0.15, 0.2) is 16.9 Å². The van der Waals surface area contributed by atoms with Gasteiger partial charge in [-0.05, 0) is 24.9 Å². The zero-order chi connectivity index (χ0) is 14.3. The first-order chi connectivity index (χ1) is 9.11. The molecule has 4 nitrogen and oxygen atoms in total. The Bertz CT molecular complexity index is 438. The fourth-order valence-corrected chi connectivity index (χ4v) is 2.13. The summed E-state index contributed by atoms with van der Waals surface area (Å²) in [7, 11) is 1.69.